The standard InChI is InChI=1S/C16H25N3O/c1-2-3-4-5-6-7-8-11-16(20)19-18-14-15-10-9-12-17-13-15/h9-10,12-14H,2-8,11H2,1H3,(H,19,20). The van der Waals surface area contributed by atoms with Gasteiger partial charge in [-0.1, -0.05) is 51.5 Å². The number of rotatable bonds is 10. The van der Waals surface area contributed by atoms with Crippen LogP contribution in [0.3, 0.4) is 0 Å². The van der Waals surface area contributed by atoms with E-state index in [4.69, 9.17) is 0 Å². The lowest BCUT2D eigenvalue weighted by molar-refractivity contribution is -0.121. The van der Waals surface area contributed by atoms with Crippen LogP contribution in [0.1, 0.15) is 63.9 Å². The second kappa shape index (κ2) is 11.1. The highest BCUT2D eigenvalue weighted by molar-refractivity contribution is 5.81. The molecule has 1 aromatic rings. The number of nitrogens with zero attached hydrogens (tertiary/aromatic N) is 2. The maximum Gasteiger partial charge on any atom is 0.240 e. The third-order valence-corrected chi connectivity index (χ3v) is 3.09. The fourth-order valence-electron chi connectivity index (χ4n) is 1.93. The van der Waals surface area contributed by atoms with E-state index in [2.05, 4.69) is 22.4 Å². The Morgan fingerprint density at radius 3 is 2.70 bits per heavy atom. The van der Waals surface area contributed by atoms with Crippen LogP contribution in [0.5, 0.6) is 0 Å². The summed E-state index contributed by atoms with van der Waals surface area (Å²) in [4.78, 5) is 15.5. The monoisotopic (exact) mass is 275 g/mol. The number of hydrogen-bond acceptors (Lipinski definition) is 3. The number of aromatic nitrogens is 1. The Bertz CT molecular complexity index is 390. The maximum atomic E-state index is 11.5. The van der Waals surface area contributed by atoms with E-state index in [9.17, 15) is 4.79 Å². The van der Waals surface area contributed by atoms with Gasteiger partial charge in [-0.25, -0.2) is 5.43 Å². The van der Waals surface area contributed by atoms with Crippen molar-refractivity contribution >= 4 is 12.1 Å². The molecule has 0 aromatic carbocycles. The van der Waals surface area contributed by atoms with Gasteiger partial charge in [0.25, 0.3) is 0 Å². The Hall–Kier alpha value is -1.71. The predicted molar refractivity (Wildman–Crippen MR) is 82.6 cm³/mol. The largest absolute Gasteiger partial charge is 0.273 e. The third-order valence-electron chi connectivity index (χ3n) is 3.09. The van der Waals surface area contributed by atoms with Gasteiger partial charge in [0.1, 0.15) is 0 Å². The van der Waals surface area contributed by atoms with Gasteiger partial charge < -0.3 is 0 Å². The van der Waals surface area contributed by atoms with E-state index in [0.29, 0.717) is 6.42 Å². The smallest absolute Gasteiger partial charge is 0.240 e. The summed E-state index contributed by atoms with van der Waals surface area (Å²) in [6, 6.07) is 3.72. The van der Waals surface area contributed by atoms with Crippen LogP contribution < -0.4 is 5.43 Å². The van der Waals surface area contributed by atoms with Crippen molar-refractivity contribution in [2.45, 2.75) is 58.3 Å². The second-order valence-electron chi connectivity index (χ2n) is 4.95. The van der Waals surface area contributed by atoms with Crippen LogP contribution in [0.25, 0.3) is 0 Å². The molecule has 1 heterocycles. The van der Waals surface area contributed by atoms with Crippen molar-refractivity contribution in [2.24, 2.45) is 5.10 Å². The fraction of sp³-hybridized carbons (Fsp3) is 0.562. The van der Waals surface area contributed by atoms with Crippen molar-refractivity contribution in [3.05, 3.63) is 30.1 Å². The molecular formula is C16H25N3O. The molecule has 0 bridgehead atoms. The SMILES string of the molecule is CCCCCCCCCC(=O)NN=Cc1cccnc1. The van der Waals surface area contributed by atoms with Crippen molar-refractivity contribution in [1.29, 1.82) is 0 Å². The van der Waals surface area contributed by atoms with Crippen molar-refractivity contribution in [1.82, 2.24) is 10.4 Å². The first-order chi connectivity index (χ1) is 9.83. The summed E-state index contributed by atoms with van der Waals surface area (Å²) < 4.78 is 0. The summed E-state index contributed by atoms with van der Waals surface area (Å²) in [6.45, 7) is 2.22. The zero-order valence-corrected chi connectivity index (χ0v) is 12.3. The number of nitrogens with one attached hydrogen (secondary N) is 1. The van der Waals surface area contributed by atoms with E-state index in [1.54, 1.807) is 18.6 Å². The number of carbonyl (C=O) groups excluding carboxylic acids is 1. The van der Waals surface area contributed by atoms with Crippen LogP contribution in [0.2, 0.25) is 0 Å². The average molecular weight is 275 g/mol. The highest BCUT2D eigenvalue weighted by Gasteiger charge is 1.99. The van der Waals surface area contributed by atoms with E-state index in [1.807, 2.05) is 12.1 Å². The fourth-order valence-corrected chi connectivity index (χ4v) is 1.93. The highest BCUT2D eigenvalue weighted by atomic mass is 16.2. The molecule has 0 spiro atoms. The molecule has 20 heavy (non-hydrogen) atoms. The van der Waals surface area contributed by atoms with Crippen LogP contribution in [0.15, 0.2) is 29.6 Å². The molecule has 0 saturated carbocycles. The summed E-state index contributed by atoms with van der Waals surface area (Å²) in [5.41, 5.74) is 3.42. The molecule has 1 N–H and O–H groups in total. The number of hydrazone groups is 1. The molecule has 1 amide bonds. The van der Waals surface area contributed by atoms with Gasteiger partial charge >= 0.3 is 0 Å². The van der Waals surface area contributed by atoms with Crippen molar-refractivity contribution < 1.29 is 4.79 Å². The molecule has 0 unspecified atom stereocenters. The molecule has 4 heteroatoms. The number of pyridine rings is 1. The summed E-state index contributed by atoms with van der Waals surface area (Å²) >= 11 is 0. The lowest BCUT2D eigenvalue weighted by Gasteiger charge is -2.01. The first-order valence-corrected chi connectivity index (χ1v) is 7.55. The van der Waals surface area contributed by atoms with Crippen LogP contribution in [0.4, 0.5) is 0 Å². The Morgan fingerprint density at radius 2 is 2.00 bits per heavy atom. The molecule has 0 aliphatic rings. The van der Waals surface area contributed by atoms with E-state index in [1.165, 1.54) is 32.1 Å². The van der Waals surface area contributed by atoms with Gasteiger partial charge in [-0.05, 0) is 12.5 Å². The van der Waals surface area contributed by atoms with Crippen LogP contribution >= 0.6 is 0 Å². The molecule has 0 aliphatic heterocycles. The van der Waals surface area contributed by atoms with E-state index >= 15 is 0 Å². The quantitative estimate of drug-likeness (QED) is 0.402. The molecular weight excluding hydrogens is 250 g/mol. The molecule has 0 fully saturated rings. The molecule has 1 aromatic heterocycles. The van der Waals surface area contributed by atoms with Gasteiger partial charge in [-0.2, -0.15) is 5.10 Å². The third kappa shape index (κ3) is 8.40. The van der Waals surface area contributed by atoms with Crippen LogP contribution in [0, 0.1) is 0 Å². The van der Waals surface area contributed by atoms with E-state index in [-0.39, 0.29) is 5.91 Å². The Labute approximate surface area is 121 Å². The normalized spacial score (nSPS) is 10.8. The van der Waals surface area contributed by atoms with Crippen LogP contribution in [-0.2, 0) is 4.79 Å². The minimum atomic E-state index is -0.0151. The molecule has 0 radical (unpaired) electrons. The van der Waals surface area contributed by atoms with Gasteiger partial charge in [0.05, 0.1) is 6.21 Å². The summed E-state index contributed by atoms with van der Waals surface area (Å²) in [7, 11) is 0. The molecule has 0 saturated heterocycles. The van der Waals surface area contributed by atoms with Crippen LogP contribution in [-0.4, -0.2) is 17.1 Å². The van der Waals surface area contributed by atoms with Gasteiger partial charge in [-0.15, -0.1) is 0 Å². The van der Waals surface area contributed by atoms with Gasteiger partial charge in [0.15, 0.2) is 0 Å². The lowest BCUT2D eigenvalue weighted by Crippen LogP contribution is -2.16. The average Bonchev–Trinajstić information content (AvgIpc) is 2.47. The topological polar surface area (TPSA) is 54.4 Å². The van der Waals surface area contributed by atoms with E-state index in [0.717, 1.165) is 18.4 Å². The van der Waals surface area contributed by atoms with Gasteiger partial charge in [0, 0.05) is 24.4 Å². The number of unbranched alkanes of at least 4 members (excludes halogenated alkanes) is 6. The van der Waals surface area contributed by atoms with Crippen molar-refractivity contribution in [3.63, 3.8) is 0 Å². The molecule has 0 atom stereocenters. The van der Waals surface area contributed by atoms with E-state index < -0.39 is 0 Å². The molecule has 110 valence electrons. The molecule has 0 aliphatic carbocycles. The molecule has 4 nitrogen and oxygen atoms in total. The number of carbonyl (C=O) groups is 1. The Kier molecular flexibility index (Phi) is 9.11. The lowest BCUT2D eigenvalue weighted by atomic mass is 10.1. The first kappa shape index (κ1) is 16.3. The molecule has 1 rings (SSSR count). The number of hydrogen-bond donors (Lipinski definition) is 1. The minimum Gasteiger partial charge on any atom is -0.273 e. The number of amides is 1. The zero-order chi connectivity index (χ0) is 14.5. The predicted octanol–water partition coefficient (Wildman–Crippen LogP) is 3.67. The van der Waals surface area contributed by atoms with Crippen molar-refractivity contribution in [2.75, 3.05) is 0 Å². The Balaban J connectivity index is 2.02. The minimum absolute atomic E-state index is 0.0151. The maximum absolute atomic E-state index is 11.5. The van der Waals surface area contributed by atoms with Gasteiger partial charge in [0.2, 0.25) is 5.91 Å². The first-order valence-electron chi connectivity index (χ1n) is 7.55. The zero-order valence-electron chi connectivity index (χ0n) is 12.3. The van der Waals surface area contributed by atoms with Crippen molar-refractivity contribution in [3.8, 4) is 0 Å². The van der Waals surface area contributed by atoms with Gasteiger partial charge in [-0.3, -0.25) is 9.78 Å². The highest BCUT2D eigenvalue weighted by Crippen LogP contribution is 2.08. The summed E-state index contributed by atoms with van der Waals surface area (Å²) in [5, 5.41) is 3.92. The Morgan fingerprint density at radius 1 is 1.25 bits per heavy atom. The summed E-state index contributed by atoms with van der Waals surface area (Å²) in [5.74, 6) is -0.0151. The summed E-state index contributed by atoms with van der Waals surface area (Å²) in [6.07, 6.45) is 14.1. The second-order valence-corrected chi connectivity index (χ2v) is 4.95.